The van der Waals surface area contributed by atoms with E-state index in [9.17, 15) is 19.1 Å². The minimum atomic E-state index is -1.08. The molecule has 0 saturated heterocycles. The van der Waals surface area contributed by atoms with Gasteiger partial charge in [-0.05, 0) is 60.7 Å². The molecule has 2 bridgehead atoms. The van der Waals surface area contributed by atoms with Crippen LogP contribution >= 0.6 is 11.3 Å². The Balaban J connectivity index is 1.63. The molecule has 7 nitrogen and oxygen atoms in total. The largest absolute Gasteiger partial charge is 0.502 e. The lowest BCUT2D eigenvalue weighted by atomic mass is 9.98. The maximum atomic E-state index is 15.3. The first-order valence-electron chi connectivity index (χ1n) is 12.3. The first kappa shape index (κ1) is 23.7. The van der Waals surface area contributed by atoms with Crippen molar-refractivity contribution in [3.63, 3.8) is 0 Å². The van der Waals surface area contributed by atoms with Crippen LogP contribution < -0.4 is 15.2 Å². The number of aromatic hydroxyl groups is 1. The van der Waals surface area contributed by atoms with Crippen molar-refractivity contribution in [2.45, 2.75) is 37.6 Å². The van der Waals surface area contributed by atoms with Crippen LogP contribution in [0.1, 0.15) is 64.1 Å². The number of halogens is 2. The first-order valence-corrected chi connectivity index (χ1v) is 13.2. The number of ether oxygens (including phenoxy) is 1. The summed E-state index contributed by atoms with van der Waals surface area (Å²) in [5, 5.41) is 14.5. The van der Waals surface area contributed by atoms with Crippen LogP contribution in [-0.2, 0) is 0 Å². The van der Waals surface area contributed by atoms with E-state index in [1.54, 1.807) is 11.0 Å². The smallest absolute Gasteiger partial charge is 0.277 e. The number of aromatic nitrogens is 1. The Hall–Kier alpha value is -3.66. The molecule has 0 spiro atoms. The number of nitrogens with zero attached hydrogens (tertiary/aromatic N) is 3. The third-order valence-corrected chi connectivity index (χ3v) is 8.08. The fraction of sp³-hybridized carbons (Fsp3) is 0.333. The molecular formula is C27H25F2N3O4S. The number of amides is 1. The fourth-order valence-corrected chi connectivity index (χ4v) is 6.22. The van der Waals surface area contributed by atoms with Crippen LogP contribution in [0.2, 0.25) is 0 Å². The number of carbonyl (C=O) groups excluding carboxylic acids is 1. The van der Waals surface area contributed by atoms with Crippen LogP contribution in [0, 0.1) is 11.6 Å². The number of hydrogen-bond donors (Lipinski definition) is 1. The van der Waals surface area contributed by atoms with E-state index >= 15 is 4.39 Å². The van der Waals surface area contributed by atoms with Gasteiger partial charge in [-0.1, -0.05) is 12.2 Å². The SMILES string of the molecule is O=C1c2c(O)c(=O)ccn2N2CN1CCC/C=C/COc1c(ccc(F)c1F)C2c1sccc1C1CC1. The van der Waals surface area contributed by atoms with Crippen LogP contribution in [0.3, 0.4) is 0 Å². The van der Waals surface area contributed by atoms with Crippen molar-refractivity contribution in [2.24, 2.45) is 0 Å². The van der Waals surface area contributed by atoms with Gasteiger partial charge in [0.1, 0.15) is 19.3 Å². The van der Waals surface area contributed by atoms with Crippen LogP contribution in [0.25, 0.3) is 0 Å². The molecule has 4 heterocycles. The summed E-state index contributed by atoms with van der Waals surface area (Å²) >= 11 is 1.50. The highest BCUT2D eigenvalue weighted by molar-refractivity contribution is 7.10. The molecule has 1 amide bonds. The Kier molecular flexibility index (Phi) is 5.98. The van der Waals surface area contributed by atoms with Crippen molar-refractivity contribution in [1.29, 1.82) is 0 Å². The van der Waals surface area contributed by atoms with Crippen molar-refractivity contribution < 1.29 is 23.4 Å². The minimum Gasteiger partial charge on any atom is -0.502 e. The molecule has 2 aromatic heterocycles. The third kappa shape index (κ3) is 4.09. The molecule has 3 aromatic rings. The van der Waals surface area contributed by atoms with E-state index < -0.39 is 34.8 Å². The fourth-order valence-electron chi connectivity index (χ4n) is 5.11. The molecule has 1 aliphatic carbocycles. The Morgan fingerprint density at radius 1 is 1.05 bits per heavy atom. The molecule has 1 unspecified atom stereocenters. The number of hydrogen-bond acceptors (Lipinski definition) is 6. The van der Waals surface area contributed by atoms with Gasteiger partial charge < -0.3 is 14.7 Å². The van der Waals surface area contributed by atoms with Gasteiger partial charge in [0.15, 0.2) is 23.0 Å². The molecule has 1 saturated carbocycles. The Morgan fingerprint density at radius 2 is 1.89 bits per heavy atom. The summed E-state index contributed by atoms with van der Waals surface area (Å²) in [6.07, 6.45) is 8.43. The molecule has 0 radical (unpaired) electrons. The standard InChI is InChI=1S/C27H25F2N3O4S/c28-19-8-7-18-22(26-17(10-14-37-26)16-5-6-16)32-15-30(11-3-1-2-4-13-36-25(18)21(19)29)27(35)23-24(34)20(33)9-12-31(23)32/h2,4,7-10,12,14,16,22,34H,1,3,5-6,11,13,15H2/b4-2+. The molecule has 1 fully saturated rings. The molecule has 10 heteroatoms. The lowest BCUT2D eigenvalue weighted by molar-refractivity contribution is 0.0678. The average Bonchev–Trinajstić information content (AvgIpc) is 3.62. The summed E-state index contributed by atoms with van der Waals surface area (Å²) in [6.45, 7) is 0.565. The van der Waals surface area contributed by atoms with Crippen molar-refractivity contribution in [1.82, 2.24) is 9.58 Å². The Morgan fingerprint density at radius 3 is 2.70 bits per heavy atom. The van der Waals surface area contributed by atoms with Gasteiger partial charge in [-0.25, -0.2) is 4.39 Å². The molecule has 1 aromatic carbocycles. The van der Waals surface area contributed by atoms with Crippen molar-refractivity contribution >= 4 is 17.2 Å². The van der Waals surface area contributed by atoms with E-state index in [2.05, 4.69) is 6.07 Å². The second-order valence-electron chi connectivity index (χ2n) is 9.49. The van der Waals surface area contributed by atoms with Crippen LogP contribution in [0.4, 0.5) is 8.78 Å². The van der Waals surface area contributed by atoms with Gasteiger partial charge in [-0.15, -0.1) is 11.3 Å². The molecular weight excluding hydrogens is 500 g/mol. The van der Waals surface area contributed by atoms with Crippen LogP contribution in [0.15, 0.2) is 52.8 Å². The minimum absolute atomic E-state index is 0.0622. The van der Waals surface area contributed by atoms with Crippen LogP contribution in [-0.4, -0.2) is 40.4 Å². The summed E-state index contributed by atoms with van der Waals surface area (Å²) in [4.78, 5) is 28.3. The van der Waals surface area contributed by atoms with Crippen molar-refractivity contribution in [2.75, 3.05) is 24.8 Å². The zero-order valence-corrected chi connectivity index (χ0v) is 20.7. The van der Waals surface area contributed by atoms with Gasteiger partial charge in [0.25, 0.3) is 5.91 Å². The van der Waals surface area contributed by atoms with Gasteiger partial charge in [-0.2, -0.15) is 4.39 Å². The van der Waals surface area contributed by atoms with E-state index in [1.807, 2.05) is 16.5 Å². The lowest BCUT2D eigenvalue weighted by Crippen LogP contribution is -2.55. The van der Waals surface area contributed by atoms with Gasteiger partial charge in [-0.3, -0.25) is 19.3 Å². The predicted octanol–water partition coefficient (Wildman–Crippen LogP) is 4.64. The first-order chi connectivity index (χ1) is 18.0. The van der Waals surface area contributed by atoms with Gasteiger partial charge in [0.05, 0.1) is 0 Å². The Bertz CT molecular complexity index is 1460. The second-order valence-corrected chi connectivity index (χ2v) is 10.4. The number of benzene rings is 1. The molecule has 2 aliphatic heterocycles. The lowest BCUT2D eigenvalue weighted by Gasteiger charge is -2.44. The number of allylic oxidation sites excluding steroid dienone is 1. The predicted molar refractivity (Wildman–Crippen MR) is 135 cm³/mol. The van der Waals surface area contributed by atoms with Gasteiger partial charge in [0, 0.05) is 29.2 Å². The monoisotopic (exact) mass is 525 g/mol. The number of fused-ring (bicyclic) bond motifs is 5. The quantitative estimate of drug-likeness (QED) is 0.494. The molecule has 1 atom stereocenters. The van der Waals surface area contributed by atoms with E-state index in [1.165, 1.54) is 34.3 Å². The highest BCUT2D eigenvalue weighted by Crippen LogP contribution is 2.49. The van der Waals surface area contributed by atoms with E-state index in [0.29, 0.717) is 30.9 Å². The Labute approximate surface area is 215 Å². The van der Waals surface area contributed by atoms with Gasteiger partial charge in [0.2, 0.25) is 11.2 Å². The summed E-state index contributed by atoms with van der Waals surface area (Å²) in [7, 11) is 0. The summed E-state index contributed by atoms with van der Waals surface area (Å²) in [6, 6.07) is 5.17. The number of rotatable bonds is 2. The van der Waals surface area contributed by atoms with E-state index in [-0.39, 0.29) is 24.7 Å². The zero-order chi connectivity index (χ0) is 25.7. The highest BCUT2D eigenvalue weighted by atomic mass is 32.1. The molecule has 192 valence electrons. The number of thiophene rings is 1. The van der Waals surface area contributed by atoms with E-state index in [0.717, 1.165) is 29.3 Å². The summed E-state index contributed by atoms with van der Waals surface area (Å²) < 4.78 is 37.0. The van der Waals surface area contributed by atoms with E-state index in [4.69, 9.17) is 4.74 Å². The normalized spacial score (nSPS) is 20.7. The molecule has 37 heavy (non-hydrogen) atoms. The summed E-state index contributed by atoms with van der Waals surface area (Å²) in [5.41, 5.74) is 0.702. The third-order valence-electron chi connectivity index (χ3n) is 7.09. The highest BCUT2D eigenvalue weighted by Gasteiger charge is 2.40. The van der Waals surface area contributed by atoms with Gasteiger partial charge >= 0.3 is 0 Å². The van der Waals surface area contributed by atoms with Crippen molar-refractivity contribution in [3.8, 4) is 11.5 Å². The van der Waals surface area contributed by atoms with Crippen molar-refractivity contribution in [3.05, 3.63) is 91.6 Å². The maximum absolute atomic E-state index is 15.3. The topological polar surface area (TPSA) is 75.0 Å². The second kappa shape index (κ2) is 9.33. The molecule has 3 aliphatic rings. The van der Waals surface area contributed by atoms with Crippen LogP contribution in [0.5, 0.6) is 11.5 Å². The zero-order valence-electron chi connectivity index (χ0n) is 19.9. The average molecular weight is 526 g/mol. The number of carbonyl (C=O) groups is 1. The maximum Gasteiger partial charge on any atom is 0.277 e. The number of pyridine rings is 1. The molecule has 6 rings (SSSR count). The molecule has 1 N–H and O–H groups in total. The summed E-state index contributed by atoms with van der Waals surface area (Å²) in [5.74, 6) is -3.02.